The Hall–Kier alpha value is -3.16. The van der Waals surface area contributed by atoms with Crippen LogP contribution in [-0.2, 0) is 0 Å². The van der Waals surface area contributed by atoms with Gasteiger partial charge in [-0.2, -0.15) is 10.2 Å². The first-order valence-electron chi connectivity index (χ1n) is 8.21. The van der Waals surface area contributed by atoms with Gasteiger partial charge in [0.25, 0.3) is 0 Å². The average Bonchev–Trinajstić information content (AvgIpc) is 3.35. The lowest BCUT2D eigenvalue weighted by Gasteiger charge is -2.16. The maximum atomic E-state index is 12.5. The summed E-state index contributed by atoms with van der Waals surface area (Å²) in [4.78, 5) is 18.3. The Morgan fingerprint density at radius 1 is 1.20 bits per heavy atom. The van der Waals surface area contributed by atoms with E-state index in [1.54, 1.807) is 29.5 Å². The quantitative estimate of drug-likeness (QED) is 0.795. The molecule has 1 N–H and O–H groups in total. The normalized spacial score (nSPS) is 17.0. The van der Waals surface area contributed by atoms with Crippen molar-refractivity contribution in [1.29, 1.82) is 0 Å². The Morgan fingerprint density at radius 2 is 2.04 bits per heavy atom. The summed E-state index contributed by atoms with van der Waals surface area (Å²) in [5.74, 6) is 0. The molecule has 0 aromatic carbocycles. The summed E-state index contributed by atoms with van der Waals surface area (Å²) >= 11 is 0. The van der Waals surface area contributed by atoms with E-state index in [-0.39, 0.29) is 12.1 Å². The maximum Gasteiger partial charge on any atom is 0.322 e. The van der Waals surface area contributed by atoms with Gasteiger partial charge in [-0.3, -0.25) is 9.67 Å². The predicted molar refractivity (Wildman–Crippen MR) is 92.6 cm³/mol. The predicted octanol–water partition coefficient (Wildman–Crippen LogP) is 2.25. The van der Waals surface area contributed by atoms with Gasteiger partial charge in [-0.1, -0.05) is 0 Å². The van der Waals surface area contributed by atoms with Gasteiger partial charge in [-0.05, 0) is 31.0 Å². The molecule has 25 heavy (non-hydrogen) atoms. The van der Waals surface area contributed by atoms with E-state index in [1.807, 2.05) is 41.0 Å². The van der Waals surface area contributed by atoms with Gasteiger partial charge in [0, 0.05) is 31.7 Å². The number of aromatic nitrogens is 5. The minimum Gasteiger partial charge on any atom is -0.322 e. The third kappa shape index (κ3) is 3.23. The van der Waals surface area contributed by atoms with Crippen LogP contribution in [0.25, 0.3) is 5.69 Å². The van der Waals surface area contributed by atoms with E-state index in [0.29, 0.717) is 18.8 Å². The van der Waals surface area contributed by atoms with Crippen molar-refractivity contribution in [3.05, 3.63) is 54.9 Å². The molecule has 1 fully saturated rings. The lowest BCUT2D eigenvalue weighted by molar-refractivity contribution is 0.220. The molecule has 3 aromatic heterocycles. The third-order valence-electron chi connectivity index (χ3n) is 4.32. The number of amides is 2. The number of hydrogen-bond donors (Lipinski definition) is 1. The number of urea groups is 1. The molecule has 0 radical (unpaired) electrons. The summed E-state index contributed by atoms with van der Waals surface area (Å²) in [5.41, 5.74) is 2.69. The lowest BCUT2D eigenvalue weighted by Crippen LogP contribution is -2.33. The van der Waals surface area contributed by atoms with Crippen LogP contribution in [0, 0.1) is 6.92 Å². The van der Waals surface area contributed by atoms with Gasteiger partial charge in [-0.15, -0.1) is 0 Å². The van der Waals surface area contributed by atoms with E-state index >= 15 is 0 Å². The monoisotopic (exact) mass is 337 g/mol. The van der Waals surface area contributed by atoms with Crippen molar-refractivity contribution in [2.24, 2.45) is 0 Å². The summed E-state index contributed by atoms with van der Waals surface area (Å²) < 4.78 is 3.65. The Kier molecular flexibility index (Phi) is 3.93. The number of nitrogens with zero attached hydrogens (tertiary/aromatic N) is 6. The number of nitrogens with one attached hydrogen (secondary N) is 1. The molecular formula is C17H19N7O. The van der Waals surface area contributed by atoms with Gasteiger partial charge in [0.1, 0.15) is 0 Å². The molecule has 0 saturated carbocycles. The molecule has 0 aliphatic carbocycles. The highest BCUT2D eigenvalue weighted by atomic mass is 16.2. The van der Waals surface area contributed by atoms with Crippen LogP contribution in [0.15, 0.2) is 49.3 Å². The number of pyridine rings is 1. The first kappa shape index (κ1) is 15.4. The number of carbonyl (C=O) groups excluding carboxylic acids is 1. The number of rotatable bonds is 3. The van der Waals surface area contributed by atoms with E-state index in [4.69, 9.17) is 0 Å². The van der Waals surface area contributed by atoms with E-state index in [9.17, 15) is 4.79 Å². The molecular weight excluding hydrogens is 318 g/mol. The fourth-order valence-corrected chi connectivity index (χ4v) is 3.00. The van der Waals surface area contributed by atoms with E-state index in [0.717, 1.165) is 17.7 Å². The van der Waals surface area contributed by atoms with Gasteiger partial charge in [-0.25, -0.2) is 9.48 Å². The summed E-state index contributed by atoms with van der Waals surface area (Å²) in [7, 11) is 0. The maximum absolute atomic E-state index is 12.5. The number of carbonyl (C=O) groups is 1. The molecule has 4 heterocycles. The van der Waals surface area contributed by atoms with Crippen molar-refractivity contribution in [2.45, 2.75) is 19.4 Å². The minimum absolute atomic E-state index is 0.111. The fourth-order valence-electron chi connectivity index (χ4n) is 3.00. The molecule has 4 rings (SSSR count). The molecule has 2 amide bonds. The Balaban J connectivity index is 1.39. The minimum atomic E-state index is -0.111. The molecule has 1 saturated heterocycles. The molecule has 0 bridgehead atoms. The Morgan fingerprint density at radius 3 is 2.80 bits per heavy atom. The van der Waals surface area contributed by atoms with Crippen LogP contribution in [-0.4, -0.2) is 48.6 Å². The Bertz CT molecular complexity index is 870. The van der Waals surface area contributed by atoms with E-state index in [2.05, 4.69) is 20.5 Å². The molecule has 8 nitrogen and oxygen atoms in total. The van der Waals surface area contributed by atoms with Crippen LogP contribution in [0.5, 0.6) is 0 Å². The molecule has 128 valence electrons. The molecule has 3 aromatic rings. The SMILES string of the molecule is Cc1cnn(C2CCN(C(=O)Nc3cnn(-c4ccncc4)c3)C2)c1. The van der Waals surface area contributed by atoms with Gasteiger partial charge in [0.05, 0.1) is 36.0 Å². The van der Waals surface area contributed by atoms with Crippen molar-refractivity contribution < 1.29 is 4.79 Å². The van der Waals surface area contributed by atoms with Crippen LogP contribution in [0.3, 0.4) is 0 Å². The highest BCUT2D eigenvalue weighted by molar-refractivity contribution is 5.89. The highest BCUT2D eigenvalue weighted by Crippen LogP contribution is 2.22. The standard InChI is InChI=1S/C17H19N7O/c1-13-8-19-23(10-13)16-4-7-22(12-16)17(25)21-14-9-20-24(11-14)15-2-5-18-6-3-15/h2-3,5-6,8-11,16H,4,7,12H2,1H3,(H,21,25). The first-order valence-corrected chi connectivity index (χ1v) is 8.21. The number of likely N-dealkylation sites (tertiary alicyclic amines) is 1. The van der Waals surface area contributed by atoms with Crippen molar-refractivity contribution in [1.82, 2.24) is 29.4 Å². The molecule has 1 aliphatic rings. The third-order valence-corrected chi connectivity index (χ3v) is 4.32. The van der Waals surface area contributed by atoms with E-state index < -0.39 is 0 Å². The second kappa shape index (κ2) is 6.39. The van der Waals surface area contributed by atoms with Crippen LogP contribution >= 0.6 is 0 Å². The van der Waals surface area contributed by atoms with Crippen LogP contribution in [0.1, 0.15) is 18.0 Å². The smallest absolute Gasteiger partial charge is 0.322 e. The van der Waals surface area contributed by atoms with Crippen molar-refractivity contribution in [2.75, 3.05) is 18.4 Å². The molecule has 1 atom stereocenters. The summed E-state index contributed by atoms with van der Waals surface area (Å²) in [5, 5.41) is 11.5. The van der Waals surface area contributed by atoms with Crippen molar-refractivity contribution in [3.63, 3.8) is 0 Å². The zero-order chi connectivity index (χ0) is 17.2. The van der Waals surface area contributed by atoms with Crippen LogP contribution < -0.4 is 5.32 Å². The Labute approximate surface area is 145 Å². The zero-order valence-electron chi connectivity index (χ0n) is 13.9. The van der Waals surface area contributed by atoms with Gasteiger partial charge in [0.2, 0.25) is 0 Å². The number of hydrogen-bond acceptors (Lipinski definition) is 4. The van der Waals surface area contributed by atoms with Gasteiger partial charge >= 0.3 is 6.03 Å². The average molecular weight is 337 g/mol. The summed E-state index contributed by atoms with van der Waals surface area (Å²) in [6.45, 7) is 3.39. The van der Waals surface area contributed by atoms with Gasteiger partial charge in [0.15, 0.2) is 0 Å². The van der Waals surface area contributed by atoms with Crippen LogP contribution in [0.2, 0.25) is 0 Å². The van der Waals surface area contributed by atoms with Crippen molar-refractivity contribution in [3.8, 4) is 5.69 Å². The molecule has 1 unspecified atom stereocenters. The van der Waals surface area contributed by atoms with E-state index in [1.165, 1.54) is 0 Å². The summed E-state index contributed by atoms with van der Waals surface area (Å²) in [6, 6.07) is 3.84. The zero-order valence-corrected chi connectivity index (χ0v) is 13.9. The van der Waals surface area contributed by atoms with Crippen molar-refractivity contribution >= 4 is 11.7 Å². The van der Waals surface area contributed by atoms with Gasteiger partial charge < -0.3 is 10.2 Å². The highest BCUT2D eigenvalue weighted by Gasteiger charge is 2.28. The second-order valence-corrected chi connectivity index (χ2v) is 6.20. The lowest BCUT2D eigenvalue weighted by atomic mass is 10.3. The number of aryl methyl sites for hydroxylation is 1. The second-order valence-electron chi connectivity index (χ2n) is 6.20. The largest absolute Gasteiger partial charge is 0.322 e. The summed E-state index contributed by atoms with van der Waals surface area (Å²) in [6.07, 6.45) is 11.6. The molecule has 1 aliphatic heterocycles. The topological polar surface area (TPSA) is 80.9 Å². The molecule has 0 spiro atoms. The number of anilines is 1. The molecule has 8 heteroatoms. The fraction of sp³-hybridized carbons (Fsp3) is 0.294. The van der Waals surface area contributed by atoms with Crippen LogP contribution in [0.4, 0.5) is 10.5 Å². The first-order chi connectivity index (χ1) is 12.2.